The zero-order valence-electron chi connectivity index (χ0n) is 14.4. The van der Waals surface area contributed by atoms with Crippen LogP contribution in [0.1, 0.15) is 20.3 Å². The number of para-hydroxylation sites is 2. The van der Waals surface area contributed by atoms with Crippen LogP contribution in [-0.2, 0) is 4.79 Å². The Morgan fingerprint density at radius 3 is 2.62 bits per heavy atom. The number of aromatic nitrogens is 2. The molecule has 6 nitrogen and oxygen atoms in total. The van der Waals surface area contributed by atoms with Crippen LogP contribution >= 0.6 is 0 Å². The van der Waals surface area contributed by atoms with E-state index in [2.05, 4.69) is 27.0 Å². The monoisotopic (exact) mass is 327 g/mol. The van der Waals surface area contributed by atoms with E-state index >= 15 is 0 Å². The standard InChI is InChI=1S/C18H25N5O/c1-3-14(2)20-18(24)13-22-8-10-23(11-9-22)17-12-19-15-6-4-5-7-16(15)21-17/h4-7,12,14H,3,8-11,13H2,1-2H3,(H,20,24)/t14-/m1/s1. The molecule has 1 aliphatic heterocycles. The van der Waals surface area contributed by atoms with E-state index in [1.165, 1.54) is 0 Å². The summed E-state index contributed by atoms with van der Waals surface area (Å²) in [4.78, 5) is 25.6. The molecular formula is C18H25N5O. The first kappa shape index (κ1) is 16.6. The maximum Gasteiger partial charge on any atom is 0.234 e. The highest BCUT2D eigenvalue weighted by molar-refractivity contribution is 5.78. The molecule has 1 atom stereocenters. The summed E-state index contributed by atoms with van der Waals surface area (Å²) in [7, 11) is 0. The Hall–Kier alpha value is -2.21. The van der Waals surface area contributed by atoms with Crippen LogP contribution in [0.5, 0.6) is 0 Å². The maximum absolute atomic E-state index is 12.0. The summed E-state index contributed by atoms with van der Waals surface area (Å²) in [6, 6.07) is 8.15. The fourth-order valence-electron chi connectivity index (χ4n) is 2.86. The summed E-state index contributed by atoms with van der Waals surface area (Å²) in [5, 5.41) is 3.02. The normalized spacial score (nSPS) is 17.0. The van der Waals surface area contributed by atoms with Crippen LogP contribution in [0.15, 0.2) is 30.5 Å². The number of hydrogen-bond donors (Lipinski definition) is 1. The molecule has 3 rings (SSSR count). The lowest BCUT2D eigenvalue weighted by molar-refractivity contribution is -0.122. The van der Waals surface area contributed by atoms with Gasteiger partial charge in [0.25, 0.3) is 0 Å². The molecular weight excluding hydrogens is 302 g/mol. The number of rotatable bonds is 5. The first-order valence-corrected chi connectivity index (χ1v) is 8.64. The topological polar surface area (TPSA) is 61.4 Å². The van der Waals surface area contributed by atoms with Gasteiger partial charge in [0.15, 0.2) is 0 Å². The van der Waals surface area contributed by atoms with Crippen LogP contribution in [0.3, 0.4) is 0 Å². The number of anilines is 1. The smallest absolute Gasteiger partial charge is 0.234 e. The summed E-state index contributed by atoms with van der Waals surface area (Å²) in [6.07, 6.45) is 2.80. The predicted molar refractivity (Wildman–Crippen MR) is 96.1 cm³/mol. The van der Waals surface area contributed by atoms with Crippen molar-refractivity contribution in [3.63, 3.8) is 0 Å². The Balaban J connectivity index is 1.55. The molecule has 1 fully saturated rings. The maximum atomic E-state index is 12.0. The molecule has 2 aromatic rings. The van der Waals surface area contributed by atoms with Gasteiger partial charge in [-0.2, -0.15) is 0 Å². The molecule has 0 radical (unpaired) electrons. The highest BCUT2D eigenvalue weighted by atomic mass is 16.2. The van der Waals surface area contributed by atoms with Gasteiger partial charge in [-0.15, -0.1) is 0 Å². The largest absolute Gasteiger partial charge is 0.353 e. The molecule has 0 unspecified atom stereocenters. The molecule has 1 amide bonds. The number of fused-ring (bicyclic) bond motifs is 1. The van der Waals surface area contributed by atoms with Crippen molar-refractivity contribution >= 4 is 22.8 Å². The fourth-order valence-corrected chi connectivity index (χ4v) is 2.86. The number of carbonyl (C=O) groups is 1. The van der Waals surface area contributed by atoms with Crippen molar-refractivity contribution in [2.24, 2.45) is 0 Å². The van der Waals surface area contributed by atoms with Crippen molar-refractivity contribution in [2.45, 2.75) is 26.3 Å². The molecule has 0 spiro atoms. The van der Waals surface area contributed by atoms with E-state index in [-0.39, 0.29) is 11.9 Å². The van der Waals surface area contributed by atoms with Gasteiger partial charge >= 0.3 is 0 Å². The number of piperazine rings is 1. The van der Waals surface area contributed by atoms with Crippen molar-refractivity contribution in [3.8, 4) is 0 Å². The predicted octanol–water partition coefficient (Wildman–Crippen LogP) is 1.67. The van der Waals surface area contributed by atoms with Crippen LogP contribution in [0.2, 0.25) is 0 Å². The first-order valence-electron chi connectivity index (χ1n) is 8.64. The Morgan fingerprint density at radius 1 is 1.21 bits per heavy atom. The van der Waals surface area contributed by atoms with Crippen molar-refractivity contribution < 1.29 is 4.79 Å². The third-order valence-electron chi connectivity index (χ3n) is 4.52. The molecule has 1 aromatic carbocycles. The van der Waals surface area contributed by atoms with Crippen molar-refractivity contribution in [2.75, 3.05) is 37.6 Å². The molecule has 6 heteroatoms. The Kier molecular flexibility index (Phi) is 5.25. The van der Waals surface area contributed by atoms with Crippen LogP contribution < -0.4 is 10.2 Å². The molecule has 1 aliphatic rings. The van der Waals surface area contributed by atoms with Crippen molar-refractivity contribution in [1.82, 2.24) is 20.2 Å². The van der Waals surface area contributed by atoms with Gasteiger partial charge in [-0.1, -0.05) is 19.1 Å². The first-order chi connectivity index (χ1) is 11.7. The van der Waals surface area contributed by atoms with Crippen molar-refractivity contribution in [3.05, 3.63) is 30.5 Å². The molecule has 0 bridgehead atoms. The number of hydrogen-bond acceptors (Lipinski definition) is 5. The van der Waals surface area contributed by atoms with E-state index in [9.17, 15) is 4.79 Å². The van der Waals surface area contributed by atoms with Crippen LogP contribution in [0.25, 0.3) is 11.0 Å². The van der Waals surface area contributed by atoms with Gasteiger partial charge in [0.05, 0.1) is 23.8 Å². The lowest BCUT2D eigenvalue weighted by Crippen LogP contribution is -2.50. The van der Waals surface area contributed by atoms with Crippen LogP contribution in [-0.4, -0.2) is 59.5 Å². The number of benzene rings is 1. The molecule has 128 valence electrons. The Morgan fingerprint density at radius 2 is 1.92 bits per heavy atom. The minimum absolute atomic E-state index is 0.114. The van der Waals surface area contributed by atoms with Crippen LogP contribution in [0.4, 0.5) is 5.82 Å². The van der Waals surface area contributed by atoms with Gasteiger partial charge in [0.2, 0.25) is 5.91 Å². The molecule has 1 aromatic heterocycles. The second-order valence-electron chi connectivity index (χ2n) is 6.36. The fraction of sp³-hybridized carbons (Fsp3) is 0.500. The Labute approximate surface area is 142 Å². The quantitative estimate of drug-likeness (QED) is 0.905. The molecule has 1 saturated heterocycles. The lowest BCUT2D eigenvalue weighted by atomic mass is 10.2. The van der Waals surface area contributed by atoms with E-state index in [0.717, 1.165) is 49.5 Å². The van der Waals surface area contributed by atoms with Gasteiger partial charge in [-0.05, 0) is 25.5 Å². The zero-order valence-corrected chi connectivity index (χ0v) is 14.4. The molecule has 0 saturated carbocycles. The number of carbonyl (C=O) groups excluding carboxylic acids is 1. The summed E-state index contributed by atoms with van der Waals surface area (Å²) in [5.41, 5.74) is 1.84. The summed E-state index contributed by atoms with van der Waals surface area (Å²) < 4.78 is 0. The molecule has 1 N–H and O–H groups in total. The number of nitrogens with zero attached hydrogens (tertiary/aromatic N) is 4. The van der Waals surface area contributed by atoms with E-state index in [1.807, 2.05) is 37.4 Å². The third-order valence-corrected chi connectivity index (χ3v) is 4.52. The van der Waals surface area contributed by atoms with E-state index < -0.39 is 0 Å². The number of nitrogens with one attached hydrogen (secondary N) is 1. The minimum atomic E-state index is 0.114. The molecule has 24 heavy (non-hydrogen) atoms. The second-order valence-corrected chi connectivity index (χ2v) is 6.36. The summed E-state index contributed by atoms with van der Waals surface area (Å²) in [6.45, 7) is 8.04. The van der Waals surface area contributed by atoms with Crippen molar-refractivity contribution in [1.29, 1.82) is 0 Å². The summed E-state index contributed by atoms with van der Waals surface area (Å²) >= 11 is 0. The van der Waals surface area contributed by atoms with Gasteiger partial charge < -0.3 is 10.2 Å². The average Bonchev–Trinajstić information content (AvgIpc) is 2.61. The van der Waals surface area contributed by atoms with Gasteiger partial charge in [0, 0.05) is 32.2 Å². The van der Waals surface area contributed by atoms with E-state index in [4.69, 9.17) is 4.98 Å². The molecule has 2 heterocycles. The number of amides is 1. The van der Waals surface area contributed by atoms with Crippen LogP contribution in [0, 0.1) is 0 Å². The third kappa shape index (κ3) is 4.00. The van der Waals surface area contributed by atoms with Gasteiger partial charge in [-0.3, -0.25) is 14.7 Å². The van der Waals surface area contributed by atoms with Gasteiger partial charge in [0.1, 0.15) is 5.82 Å². The lowest BCUT2D eigenvalue weighted by Gasteiger charge is -2.35. The van der Waals surface area contributed by atoms with E-state index in [1.54, 1.807) is 0 Å². The average molecular weight is 327 g/mol. The van der Waals surface area contributed by atoms with Gasteiger partial charge in [-0.25, -0.2) is 4.98 Å². The second kappa shape index (κ2) is 7.57. The Bertz CT molecular complexity index is 697. The SMILES string of the molecule is CC[C@@H](C)NC(=O)CN1CCN(c2cnc3ccccc3n2)CC1. The zero-order chi connectivity index (χ0) is 16.9. The highest BCUT2D eigenvalue weighted by Crippen LogP contribution is 2.16. The highest BCUT2D eigenvalue weighted by Gasteiger charge is 2.20. The molecule has 0 aliphatic carbocycles. The van der Waals surface area contributed by atoms with E-state index in [0.29, 0.717) is 6.54 Å². The minimum Gasteiger partial charge on any atom is -0.353 e. The summed E-state index contributed by atoms with van der Waals surface area (Å²) in [5.74, 6) is 1.03.